The van der Waals surface area contributed by atoms with E-state index in [-0.39, 0.29) is 0 Å². The van der Waals surface area contributed by atoms with Crippen LogP contribution in [0.3, 0.4) is 0 Å². The van der Waals surface area contributed by atoms with Crippen LogP contribution in [0.4, 0.5) is 17.1 Å². The second-order valence-corrected chi connectivity index (χ2v) is 7.36. The standard InChI is InChI=1S/C27H22ClN/c1-21-11-17-25(18-12-21)29(24-8-3-2-4-9-24)26-19-14-22(15-20-26)13-16-23-7-5-6-10-27(23)28/h2-20H,1H3/b16-13+. The van der Waals surface area contributed by atoms with Gasteiger partial charge in [-0.05, 0) is 60.5 Å². The molecule has 2 heteroatoms. The average molecular weight is 396 g/mol. The second kappa shape index (κ2) is 8.81. The van der Waals surface area contributed by atoms with Gasteiger partial charge in [-0.2, -0.15) is 0 Å². The van der Waals surface area contributed by atoms with Gasteiger partial charge in [0.1, 0.15) is 0 Å². The van der Waals surface area contributed by atoms with Gasteiger partial charge in [0.25, 0.3) is 0 Å². The van der Waals surface area contributed by atoms with E-state index in [2.05, 4.69) is 90.7 Å². The van der Waals surface area contributed by atoms with Crippen molar-refractivity contribution >= 4 is 40.8 Å². The Morgan fingerprint density at radius 1 is 0.586 bits per heavy atom. The van der Waals surface area contributed by atoms with Crippen molar-refractivity contribution in [1.29, 1.82) is 0 Å². The van der Waals surface area contributed by atoms with E-state index in [4.69, 9.17) is 11.6 Å². The lowest BCUT2D eigenvalue weighted by molar-refractivity contribution is 1.27. The zero-order valence-corrected chi connectivity index (χ0v) is 17.1. The molecule has 0 N–H and O–H groups in total. The van der Waals surface area contributed by atoms with E-state index >= 15 is 0 Å². The van der Waals surface area contributed by atoms with Crippen LogP contribution in [0.25, 0.3) is 12.2 Å². The van der Waals surface area contributed by atoms with Crippen LogP contribution in [-0.4, -0.2) is 0 Å². The molecule has 142 valence electrons. The molecule has 4 aromatic carbocycles. The van der Waals surface area contributed by atoms with Gasteiger partial charge in [-0.3, -0.25) is 0 Å². The van der Waals surface area contributed by atoms with Crippen molar-refractivity contribution < 1.29 is 0 Å². The highest BCUT2D eigenvalue weighted by Crippen LogP contribution is 2.34. The maximum atomic E-state index is 6.25. The molecule has 0 amide bonds. The summed E-state index contributed by atoms with van der Waals surface area (Å²) in [5, 5.41) is 0.759. The van der Waals surface area contributed by atoms with Crippen LogP contribution in [0.5, 0.6) is 0 Å². The van der Waals surface area contributed by atoms with Crippen LogP contribution in [0.15, 0.2) is 103 Å². The van der Waals surface area contributed by atoms with E-state index in [9.17, 15) is 0 Å². The Morgan fingerprint density at radius 2 is 1.14 bits per heavy atom. The number of hydrogen-bond acceptors (Lipinski definition) is 1. The summed E-state index contributed by atoms with van der Waals surface area (Å²) in [4.78, 5) is 2.26. The molecule has 0 spiro atoms. The van der Waals surface area contributed by atoms with Crippen LogP contribution in [0.2, 0.25) is 5.02 Å². The number of para-hydroxylation sites is 1. The van der Waals surface area contributed by atoms with Crippen LogP contribution in [0, 0.1) is 6.92 Å². The molecule has 0 heterocycles. The van der Waals surface area contributed by atoms with Gasteiger partial charge in [0, 0.05) is 22.1 Å². The number of aryl methyl sites for hydroxylation is 1. The smallest absolute Gasteiger partial charge is 0.0478 e. The molecule has 0 aromatic heterocycles. The van der Waals surface area contributed by atoms with E-state index < -0.39 is 0 Å². The summed E-state index contributed by atoms with van der Waals surface area (Å²) in [6.45, 7) is 2.11. The number of benzene rings is 4. The van der Waals surface area contributed by atoms with Crippen molar-refractivity contribution in [2.45, 2.75) is 6.92 Å². The molecule has 0 bridgehead atoms. The third-order valence-electron chi connectivity index (χ3n) is 4.82. The zero-order valence-electron chi connectivity index (χ0n) is 16.3. The van der Waals surface area contributed by atoms with Gasteiger partial charge < -0.3 is 4.90 Å². The molecule has 0 aliphatic rings. The Hall–Kier alpha value is -3.29. The van der Waals surface area contributed by atoms with Crippen molar-refractivity contribution in [2.75, 3.05) is 4.90 Å². The number of halogens is 1. The molecule has 0 aliphatic heterocycles. The fraction of sp³-hybridized carbons (Fsp3) is 0.0370. The summed E-state index contributed by atoms with van der Waals surface area (Å²) >= 11 is 6.25. The Bertz CT molecular complexity index is 1100. The third kappa shape index (κ3) is 4.59. The molecule has 4 aromatic rings. The van der Waals surface area contributed by atoms with Gasteiger partial charge in [-0.15, -0.1) is 0 Å². The summed E-state index contributed by atoms with van der Waals surface area (Å²) in [5.41, 5.74) is 6.79. The van der Waals surface area contributed by atoms with Gasteiger partial charge in [0.2, 0.25) is 0 Å². The minimum Gasteiger partial charge on any atom is -0.311 e. The summed E-state index contributed by atoms with van der Waals surface area (Å²) in [6, 6.07) is 35.5. The molecule has 0 radical (unpaired) electrons. The Balaban J connectivity index is 1.65. The zero-order chi connectivity index (χ0) is 20.1. The monoisotopic (exact) mass is 395 g/mol. The minimum atomic E-state index is 0.759. The Labute approximate surface area is 177 Å². The summed E-state index contributed by atoms with van der Waals surface area (Å²) in [5.74, 6) is 0. The molecule has 4 rings (SSSR count). The quantitative estimate of drug-likeness (QED) is 0.307. The Kier molecular flexibility index (Phi) is 5.79. The van der Waals surface area contributed by atoms with Crippen LogP contribution >= 0.6 is 11.6 Å². The number of anilines is 3. The lowest BCUT2D eigenvalue weighted by Gasteiger charge is -2.25. The molecule has 0 aliphatic carbocycles. The second-order valence-electron chi connectivity index (χ2n) is 6.95. The first kappa shape index (κ1) is 19.0. The fourth-order valence-electron chi connectivity index (χ4n) is 3.25. The minimum absolute atomic E-state index is 0.759. The first-order valence-corrected chi connectivity index (χ1v) is 10.0. The topological polar surface area (TPSA) is 3.24 Å². The van der Waals surface area contributed by atoms with Crippen molar-refractivity contribution in [3.63, 3.8) is 0 Å². The predicted octanol–water partition coefficient (Wildman–Crippen LogP) is 8.29. The van der Waals surface area contributed by atoms with E-state index in [0.29, 0.717) is 0 Å². The highest BCUT2D eigenvalue weighted by molar-refractivity contribution is 6.32. The number of hydrogen-bond donors (Lipinski definition) is 0. The molecule has 0 fully saturated rings. The molecular weight excluding hydrogens is 374 g/mol. The molecule has 0 unspecified atom stereocenters. The van der Waals surface area contributed by atoms with Gasteiger partial charge in [-0.25, -0.2) is 0 Å². The summed E-state index contributed by atoms with van der Waals surface area (Å²) in [6.07, 6.45) is 4.13. The van der Waals surface area contributed by atoms with Gasteiger partial charge in [0.15, 0.2) is 0 Å². The van der Waals surface area contributed by atoms with Gasteiger partial charge in [-0.1, -0.05) is 90.0 Å². The number of rotatable bonds is 5. The predicted molar refractivity (Wildman–Crippen MR) is 126 cm³/mol. The van der Waals surface area contributed by atoms with E-state index in [1.165, 1.54) is 5.56 Å². The van der Waals surface area contributed by atoms with Crippen LogP contribution < -0.4 is 4.90 Å². The van der Waals surface area contributed by atoms with E-state index in [0.717, 1.165) is 33.2 Å². The third-order valence-corrected chi connectivity index (χ3v) is 5.16. The highest BCUT2D eigenvalue weighted by Gasteiger charge is 2.11. The lowest BCUT2D eigenvalue weighted by Crippen LogP contribution is -2.09. The first-order valence-electron chi connectivity index (χ1n) is 9.65. The fourth-order valence-corrected chi connectivity index (χ4v) is 3.45. The molecule has 0 atom stereocenters. The maximum Gasteiger partial charge on any atom is 0.0478 e. The Morgan fingerprint density at radius 3 is 1.79 bits per heavy atom. The first-order chi connectivity index (χ1) is 14.2. The van der Waals surface area contributed by atoms with E-state index in [1.54, 1.807) is 0 Å². The molecular formula is C27H22ClN. The normalized spacial score (nSPS) is 11.0. The van der Waals surface area contributed by atoms with Gasteiger partial charge in [0.05, 0.1) is 0 Å². The molecule has 29 heavy (non-hydrogen) atoms. The van der Waals surface area contributed by atoms with Gasteiger partial charge >= 0.3 is 0 Å². The highest BCUT2D eigenvalue weighted by atomic mass is 35.5. The summed E-state index contributed by atoms with van der Waals surface area (Å²) < 4.78 is 0. The molecule has 1 nitrogen and oxygen atoms in total. The lowest BCUT2D eigenvalue weighted by atomic mass is 10.1. The largest absolute Gasteiger partial charge is 0.311 e. The van der Waals surface area contributed by atoms with E-state index in [1.807, 2.05) is 36.4 Å². The molecule has 0 saturated heterocycles. The van der Waals surface area contributed by atoms with Crippen molar-refractivity contribution in [3.8, 4) is 0 Å². The summed E-state index contributed by atoms with van der Waals surface area (Å²) in [7, 11) is 0. The van der Waals surface area contributed by atoms with Crippen molar-refractivity contribution in [2.24, 2.45) is 0 Å². The molecule has 0 saturated carbocycles. The average Bonchev–Trinajstić information content (AvgIpc) is 2.76. The van der Waals surface area contributed by atoms with Crippen molar-refractivity contribution in [3.05, 3.63) is 125 Å². The van der Waals surface area contributed by atoms with Crippen LogP contribution in [-0.2, 0) is 0 Å². The maximum absolute atomic E-state index is 6.25. The van der Waals surface area contributed by atoms with Crippen LogP contribution in [0.1, 0.15) is 16.7 Å². The number of nitrogens with zero attached hydrogens (tertiary/aromatic N) is 1. The van der Waals surface area contributed by atoms with Crippen molar-refractivity contribution in [1.82, 2.24) is 0 Å². The SMILES string of the molecule is Cc1ccc(N(c2ccccc2)c2ccc(/C=C/c3ccccc3Cl)cc2)cc1.